The molecule has 1 aliphatic rings. The highest BCUT2D eigenvalue weighted by Gasteiger charge is 2.32. The molecule has 0 unspecified atom stereocenters. The maximum atomic E-state index is 6.25. The summed E-state index contributed by atoms with van der Waals surface area (Å²) in [6.45, 7) is -0.222. The normalized spacial score (nSPS) is 37.1. The van der Waals surface area contributed by atoms with E-state index in [1.165, 1.54) is 0 Å². The second kappa shape index (κ2) is 5.82. The van der Waals surface area contributed by atoms with Gasteiger partial charge in [0.05, 0.1) is 0 Å². The van der Waals surface area contributed by atoms with Crippen LogP contribution < -0.4 is 10.2 Å². The molecular formula is C4H12Cl4N5P3. The van der Waals surface area contributed by atoms with E-state index in [1.54, 1.807) is 0 Å². The molecule has 96 valence electrons. The van der Waals surface area contributed by atoms with Crippen LogP contribution in [-0.2, 0) is 0 Å². The molecule has 0 bridgehead atoms. The van der Waals surface area contributed by atoms with Crippen molar-refractivity contribution in [3.63, 3.8) is 0 Å². The van der Waals surface area contributed by atoms with Gasteiger partial charge in [0.2, 0.25) is 13.4 Å². The van der Waals surface area contributed by atoms with Gasteiger partial charge in [0.1, 0.15) is 0 Å². The molecule has 2 atom stereocenters. The van der Waals surface area contributed by atoms with E-state index >= 15 is 0 Å². The molecule has 0 amide bonds. The van der Waals surface area contributed by atoms with E-state index in [0.29, 0.717) is 13.1 Å². The van der Waals surface area contributed by atoms with Gasteiger partial charge < -0.3 is 0 Å². The van der Waals surface area contributed by atoms with E-state index in [0.717, 1.165) is 0 Å². The van der Waals surface area contributed by atoms with E-state index < -0.39 is 19.3 Å². The van der Waals surface area contributed by atoms with Crippen molar-refractivity contribution in [3.8, 4) is 0 Å². The topological polar surface area (TPSA) is 61.1 Å². The third kappa shape index (κ3) is 4.46. The van der Waals surface area contributed by atoms with E-state index in [4.69, 9.17) is 45.0 Å². The molecule has 0 aliphatic carbocycles. The third-order valence-corrected chi connectivity index (χ3v) is 13.9. The molecule has 0 aromatic heterocycles. The zero-order valence-electron chi connectivity index (χ0n) is 8.61. The van der Waals surface area contributed by atoms with Gasteiger partial charge in [-0.2, -0.15) is 13.5 Å². The van der Waals surface area contributed by atoms with Gasteiger partial charge >= 0.3 is 0 Å². The Kier molecular flexibility index (Phi) is 5.76. The van der Waals surface area contributed by atoms with E-state index in [-0.39, 0.29) is 0 Å². The number of rotatable bonds is 4. The molecule has 0 saturated carbocycles. The average molecular weight is 365 g/mol. The molecular weight excluding hydrogens is 353 g/mol. The minimum absolute atomic E-state index is 0.612. The molecule has 0 saturated heterocycles. The van der Waals surface area contributed by atoms with Crippen LogP contribution in [-0.4, -0.2) is 13.1 Å². The molecule has 1 aliphatic heterocycles. The number of hydrogen-bond acceptors (Lipinski definition) is 5. The van der Waals surface area contributed by atoms with E-state index in [9.17, 15) is 0 Å². The minimum atomic E-state index is -2.83. The lowest BCUT2D eigenvalue weighted by Crippen LogP contribution is -2.08. The molecule has 0 radical (unpaired) electrons. The smallest absolute Gasteiger partial charge is 0.254 e. The minimum Gasteiger partial charge on any atom is -0.254 e. The van der Waals surface area contributed by atoms with Gasteiger partial charge in [-0.3, -0.25) is 10.2 Å². The van der Waals surface area contributed by atoms with Crippen LogP contribution in [0.4, 0.5) is 0 Å². The van der Waals surface area contributed by atoms with Crippen molar-refractivity contribution < 1.29 is 0 Å². The second-order valence-corrected chi connectivity index (χ2v) is 14.8. The van der Waals surface area contributed by atoms with Crippen LogP contribution in [0.15, 0.2) is 13.5 Å². The van der Waals surface area contributed by atoms with Crippen LogP contribution in [0.3, 0.4) is 0 Å². The fraction of sp³-hybridized carbons (Fsp3) is 1.00. The summed E-state index contributed by atoms with van der Waals surface area (Å²) in [5.74, 6) is -2.83. The fourth-order valence-electron chi connectivity index (χ4n) is 1.02. The van der Waals surface area contributed by atoms with Crippen LogP contribution in [0.25, 0.3) is 0 Å². The van der Waals surface area contributed by atoms with Crippen molar-refractivity contribution in [1.29, 1.82) is 0 Å². The molecule has 1 rings (SSSR count). The molecule has 2 N–H and O–H groups in total. The Balaban J connectivity index is 3.30. The molecule has 1 heterocycles. The van der Waals surface area contributed by atoms with E-state index in [2.05, 4.69) is 23.7 Å². The summed E-state index contributed by atoms with van der Waals surface area (Å²) in [6, 6.07) is 0. The van der Waals surface area contributed by atoms with Gasteiger partial charge in [0.15, 0.2) is 0 Å². The van der Waals surface area contributed by atoms with Crippen molar-refractivity contribution in [1.82, 2.24) is 10.2 Å². The molecule has 0 aromatic rings. The lowest BCUT2D eigenvalue weighted by molar-refractivity contribution is 1.00. The Labute approximate surface area is 115 Å². The van der Waals surface area contributed by atoms with Crippen LogP contribution in [0.1, 0.15) is 13.8 Å². The Morgan fingerprint density at radius 2 is 1.25 bits per heavy atom. The van der Waals surface area contributed by atoms with Crippen LogP contribution >= 0.6 is 64.3 Å². The molecule has 0 spiro atoms. The first-order valence-corrected chi connectivity index (χ1v) is 13.1. The summed E-state index contributed by atoms with van der Waals surface area (Å²) in [5.41, 5.74) is 0. The molecule has 16 heavy (non-hydrogen) atoms. The van der Waals surface area contributed by atoms with Gasteiger partial charge in [-0.15, -0.1) is 0 Å². The summed E-state index contributed by atoms with van der Waals surface area (Å²) in [6.07, 6.45) is 0. The maximum Gasteiger partial charge on any atom is 0.257 e. The third-order valence-electron chi connectivity index (χ3n) is 1.41. The predicted octanol–water partition coefficient (Wildman–Crippen LogP) is 6.01. The lowest BCUT2D eigenvalue weighted by atomic mass is 10.8. The molecule has 0 fully saturated rings. The summed E-state index contributed by atoms with van der Waals surface area (Å²) in [7, 11) is 0. The molecule has 12 heteroatoms. The zero-order chi connectivity index (χ0) is 12.4. The molecule has 5 nitrogen and oxygen atoms in total. The number of nitrogens with zero attached hydrogens (tertiary/aromatic N) is 3. The summed E-state index contributed by atoms with van der Waals surface area (Å²) < 4.78 is 12.5. The first kappa shape index (κ1) is 15.8. The zero-order valence-corrected chi connectivity index (χ0v) is 14.3. The SMILES string of the molecule is CCN[P@]1(Cl)=N[P@](Cl)(NCC)=NP(Cl)(Cl)=N1. The van der Waals surface area contributed by atoms with Gasteiger partial charge in [-0.25, -0.2) is 0 Å². The quantitative estimate of drug-likeness (QED) is 0.600. The maximum absolute atomic E-state index is 6.25. The Hall–Kier alpha value is 1.77. The van der Waals surface area contributed by atoms with Crippen molar-refractivity contribution in [2.45, 2.75) is 13.8 Å². The highest BCUT2D eigenvalue weighted by Crippen LogP contribution is 2.82. The standard InChI is InChI=1S/C4H12Cl4N5P3/c1-3-9-15(7)11-14(5,6)12-16(8,13-15)10-4-2/h9-10H,3-4H2,1-2H3/t15-,16+. The highest BCUT2D eigenvalue weighted by molar-refractivity contribution is 8.17. The van der Waals surface area contributed by atoms with Gasteiger partial charge in [-0.05, 0) is 45.0 Å². The van der Waals surface area contributed by atoms with Crippen molar-refractivity contribution >= 4 is 64.3 Å². The Morgan fingerprint density at radius 3 is 1.69 bits per heavy atom. The fourth-order valence-corrected chi connectivity index (χ4v) is 17.1. The Morgan fingerprint density at radius 1 is 0.812 bits per heavy atom. The highest BCUT2D eigenvalue weighted by atomic mass is 35.9. The number of nitrogens with one attached hydrogen (secondary N) is 2. The van der Waals surface area contributed by atoms with E-state index in [1.807, 2.05) is 13.8 Å². The van der Waals surface area contributed by atoms with Crippen molar-refractivity contribution in [3.05, 3.63) is 0 Å². The molecule has 0 aromatic carbocycles. The van der Waals surface area contributed by atoms with Gasteiger partial charge in [0, 0.05) is 13.1 Å². The summed E-state index contributed by atoms with van der Waals surface area (Å²) >= 11 is 24.5. The monoisotopic (exact) mass is 363 g/mol. The van der Waals surface area contributed by atoms with Crippen molar-refractivity contribution in [2.24, 2.45) is 13.5 Å². The summed E-state index contributed by atoms with van der Waals surface area (Å²) in [4.78, 5) is 0. The second-order valence-electron chi connectivity index (χ2n) is 2.80. The Bertz CT molecular complexity index is 416. The summed E-state index contributed by atoms with van der Waals surface area (Å²) in [5, 5.41) is 5.95. The van der Waals surface area contributed by atoms with Crippen LogP contribution in [0.2, 0.25) is 0 Å². The number of hydrogen-bond donors (Lipinski definition) is 2. The van der Waals surface area contributed by atoms with Crippen LogP contribution in [0.5, 0.6) is 0 Å². The predicted molar refractivity (Wildman–Crippen MR) is 78.8 cm³/mol. The largest absolute Gasteiger partial charge is 0.257 e. The van der Waals surface area contributed by atoms with Crippen LogP contribution in [0, 0.1) is 0 Å². The first-order valence-electron chi connectivity index (χ1n) is 4.44. The van der Waals surface area contributed by atoms with Gasteiger partial charge in [-0.1, -0.05) is 13.8 Å². The average Bonchev–Trinajstić information content (AvgIpc) is 1.97. The number of halogens is 4. The van der Waals surface area contributed by atoms with Gasteiger partial charge in [0.25, 0.3) is 5.91 Å². The first-order chi connectivity index (χ1) is 7.24. The lowest BCUT2D eigenvalue weighted by Gasteiger charge is -2.25. The van der Waals surface area contributed by atoms with Crippen molar-refractivity contribution in [2.75, 3.05) is 13.1 Å².